The lowest BCUT2D eigenvalue weighted by atomic mass is 9.96. The van der Waals surface area contributed by atoms with E-state index in [1.807, 2.05) is 0 Å². The molecule has 1 aliphatic rings. The van der Waals surface area contributed by atoms with Gasteiger partial charge in [0.15, 0.2) is 23.5 Å². The van der Waals surface area contributed by atoms with Crippen LogP contribution < -0.4 is 0 Å². The van der Waals surface area contributed by atoms with E-state index in [2.05, 4.69) is 0 Å². The van der Waals surface area contributed by atoms with Crippen LogP contribution in [-0.2, 0) is 0 Å². The normalized spacial score (nSPS) is 38.1. The molecule has 0 aromatic heterocycles. The molecule has 0 radical (unpaired) electrons. The van der Waals surface area contributed by atoms with E-state index < -0.39 is 23.5 Å². The quantitative estimate of drug-likeness (QED) is 0.485. The molecule has 0 heterocycles. The third-order valence-electron chi connectivity index (χ3n) is 1.50. The Kier molecular flexibility index (Phi) is 1.78. The van der Waals surface area contributed by atoms with Crippen LogP contribution in [0.15, 0.2) is 23.8 Å². The molecule has 0 N–H and O–H groups in total. The Morgan fingerprint density at radius 2 is 2.00 bits per heavy atom. The summed E-state index contributed by atoms with van der Waals surface area (Å²) in [7, 11) is 0. The zero-order chi connectivity index (χ0) is 8.65. The van der Waals surface area contributed by atoms with Crippen molar-refractivity contribution in [3.63, 3.8) is 0 Å². The lowest BCUT2D eigenvalue weighted by Gasteiger charge is -2.22. The highest BCUT2D eigenvalue weighted by atomic mass is 19.2. The lowest BCUT2D eigenvalue weighted by Crippen LogP contribution is -2.32. The smallest absolute Gasteiger partial charge is 0.191 e. The number of alkyl halides is 2. The molecule has 0 bridgehead atoms. The van der Waals surface area contributed by atoms with Crippen LogP contribution in [-0.4, -0.2) is 11.8 Å². The van der Waals surface area contributed by atoms with Gasteiger partial charge in [0, 0.05) is 0 Å². The van der Waals surface area contributed by atoms with Crippen molar-refractivity contribution in [1.29, 1.82) is 0 Å². The largest absolute Gasteiger partial charge is 0.236 e. The predicted octanol–water partition coefficient (Wildman–Crippen LogP) is 2.77. The first-order chi connectivity index (χ1) is 4.95. The topological polar surface area (TPSA) is 0 Å². The van der Waals surface area contributed by atoms with E-state index in [4.69, 9.17) is 0 Å². The molecule has 2 unspecified atom stereocenters. The fourth-order valence-corrected chi connectivity index (χ4v) is 0.769. The first kappa shape index (κ1) is 8.30. The molecule has 2 atom stereocenters. The molecule has 1 aliphatic carbocycles. The number of hydrogen-bond acceptors (Lipinski definition) is 0. The van der Waals surface area contributed by atoms with Gasteiger partial charge in [-0.2, -0.15) is 0 Å². The van der Waals surface area contributed by atoms with Crippen molar-refractivity contribution in [2.24, 2.45) is 0 Å². The van der Waals surface area contributed by atoms with Gasteiger partial charge in [0.1, 0.15) is 0 Å². The van der Waals surface area contributed by atoms with Crippen LogP contribution in [0, 0.1) is 0 Å². The van der Waals surface area contributed by atoms with Crippen LogP contribution in [0.5, 0.6) is 0 Å². The van der Waals surface area contributed by atoms with Crippen LogP contribution in [0.4, 0.5) is 17.6 Å². The van der Waals surface area contributed by atoms with Crippen molar-refractivity contribution < 1.29 is 17.6 Å². The molecular weight excluding hydrogens is 160 g/mol. The molecule has 0 aliphatic heterocycles. The third-order valence-corrected chi connectivity index (χ3v) is 1.50. The van der Waals surface area contributed by atoms with Crippen LogP contribution in [0.25, 0.3) is 0 Å². The molecule has 0 aromatic carbocycles. The summed E-state index contributed by atoms with van der Waals surface area (Å²) in [6, 6.07) is 0. The van der Waals surface area contributed by atoms with Gasteiger partial charge >= 0.3 is 0 Å². The summed E-state index contributed by atoms with van der Waals surface area (Å²) >= 11 is 0. The van der Waals surface area contributed by atoms with Gasteiger partial charge in [-0.25, -0.2) is 17.6 Å². The standard InChI is InChI=1S/C7H6F4/c1-7(11)3-2-4(8)5(9)6(7)10/h2-3,6H,1H3. The Bertz CT molecular complexity index is 227. The molecule has 0 spiro atoms. The minimum atomic E-state index is -2.52. The van der Waals surface area contributed by atoms with Gasteiger partial charge in [0.25, 0.3) is 0 Å². The van der Waals surface area contributed by atoms with Gasteiger partial charge in [0.2, 0.25) is 0 Å². The van der Waals surface area contributed by atoms with Crippen molar-refractivity contribution in [2.45, 2.75) is 18.8 Å². The van der Waals surface area contributed by atoms with E-state index in [1.54, 1.807) is 0 Å². The molecule has 1 rings (SSSR count). The lowest BCUT2D eigenvalue weighted by molar-refractivity contribution is 0.113. The van der Waals surface area contributed by atoms with E-state index in [1.165, 1.54) is 0 Å². The summed E-state index contributed by atoms with van der Waals surface area (Å²) in [6.45, 7) is 0.847. The second kappa shape index (κ2) is 2.36. The fraction of sp³-hybridized carbons (Fsp3) is 0.429. The Morgan fingerprint density at radius 1 is 1.45 bits per heavy atom. The Morgan fingerprint density at radius 3 is 2.45 bits per heavy atom. The van der Waals surface area contributed by atoms with Gasteiger partial charge in [-0.15, -0.1) is 0 Å². The van der Waals surface area contributed by atoms with Gasteiger partial charge in [0.05, 0.1) is 0 Å². The number of allylic oxidation sites excluding steroid dienone is 4. The highest BCUT2D eigenvalue weighted by Crippen LogP contribution is 2.33. The van der Waals surface area contributed by atoms with E-state index in [-0.39, 0.29) is 0 Å². The maximum atomic E-state index is 12.8. The summed E-state index contributed by atoms with van der Waals surface area (Å²) in [6.07, 6.45) is -1.27. The predicted molar refractivity (Wildman–Crippen MR) is 32.8 cm³/mol. The van der Waals surface area contributed by atoms with Gasteiger partial charge in [-0.3, -0.25) is 0 Å². The van der Waals surface area contributed by atoms with E-state index >= 15 is 0 Å². The average Bonchev–Trinajstić information content (AvgIpc) is 1.95. The van der Waals surface area contributed by atoms with Gasteiger partial charge < -0.3 is 0 Å². The molecule has 0 amide bonds. The van der Waals surface area contributed by atoms with E-state index in [0.29, 0.717) is 12.2 Å². The second-order valence-corrected chi connectivity index (χ2v) is 2.54. The fourth-order valence-electron chi connectivity index (χ4n) is 0.769. The Labute approximate surface area is 61.2 Å². The Balaban J connectivity index is 3.01. The van der Waals surface area contributed by atoms with E-state index in [9.17, 15) is 17.6 Å². The monoisotopic (exact) mass is 166 g/mol. The van der Waals surface area contributed by atoms with Gasteiger partial charge in [-0.1, -0.05) is 0 Å². The minimum absolute atomic E-state index is 0.589. The average molecular weight is 166 g/mol. The van der Waals surface area contributed by atoms with Crippen molar-refractivity contribution >= 4 is 0 Å². The van der Waals surface area contributed by atoms with Crippen LogP contribution in [0.2, 0.25) is 0 Å². The molecule has 0 saturated heterocycles. The number of halogens is 4. The van der Waals surface area contributed by atoms with Crippen molar-refractivity contribution in [3.05, 3.63) is 23.8 Å². The maximum Gasteiger partial charge on any atom is 0.191 e. The first-order valence-corrected chi connectivity index (χ1v) is 3.02. The zero-order valence-electron chi connectivity index (χ0n) is 5.74. The molecule has 62 valence electrons. The van der Waals surface area contributed by atoms with Crippen LogP contribution in [0.3, 0.4) is 0 Å². The first-order valence-electron chi connectivity index (χ1n) is 3.02. The highest BCUT2D eigenvalue weighted by molar-refractivity contribution is 5.30. The summed E-state index contributed by atoms with van der Waals surface area (Å²) in [4.78, 5) is 0. The third kappa shape index (κ3) is 1.29. The molecule has 0 saturated carbocycles. The summed E-state index contributed by atoms with van der Waals surface area (Å²) in [5.74, 6) is -3.01. The van der Waals surface area contributed by atoms with Crippen molar-refractivity contribution in [1.82, 2.24) is 0 Å². The molecule has 4 heteroatoms. The number of rotatable bonds is 0. The SMILES string of the molecule is CC1(F)C=CC(F)=C(F)C1F. The van der Waals surface area contributed by atoms with Crippen molar-refractivity contribution in [2.75, 3.05) is 0 Å². The summed E-state index contributed by atoms with van der Waals surface area (Å²) in [5.41, 5.74) is -2.43. The second-order valence-electron chi connectivity index (χ2n) is 2.54. The zero-order valence-corrected chi connectivity index (χ0v) is 5.74. The summed E-state index contributed by atoms with van der Waals surface area (Å²) < 4.78 is 49.8. The summed E-state index contributed by atoms with van der Waals surface area (Å²) in [5, 5.41) is 0. The minimum Gasteiger partial charge on any atom is -0.236 e. The van der Waals surface area contributed by atoms with Gasteiger partial charge in [-0.05, 0) is 19.1 Å². The maximum absolute atomic E-state index is 12.8. The molecule has 11 heavy (non-hydrogen) atoms. The van der Waals surface area contributed by atoms with Crippen LogP contribution in [0.1, 0.15) is 6.92 Å². The molecule has 0 nitrogen and oxygen atoms in total. The molecule has 0 aromatic rings. The van der Waals surface area contributed by atoms with Crippen molar-refractivity contribution in [3.8, 4) is 0 Å². The van der Waals surface area contributed by atoms with E-state index in [0.717, 1.165) is 6.92 Å². The molecular formula is C7H6F4. The molecule has 0 fully saturated rings. The Hall–Kier alpha value is -0.800. The number of hydrogen-bond donors (Lipinski definition) is 0. The van der Waals surface area contributed by atoms with Crippen LogP contribution >= 0.6 is 0 Å². The highest BCUT2D eigenvalue weighted by Gasteiger charge is 2.39.